The van der Waals surface area contributed by atoms with E-state index in [1.165, 1.54) is 0 Å². The average molecular weight is 357 g/mol. The molecule has 0 aliphatic heterocycles. The molecular formula is C12H16IN5. The first-order valence-corrected chi connectivity index (χ1v) is 6.98. The van der Waals surface area contributed by atoms with Crippen LogP contribution in [0.5, 0.6) is 0 Å². The number of nitrogens with zero attached hydrogens (tertiary/aromatic N) is 4. The summed E-state index contributed by atoms with van der Waals surface area (Å²) in [7, 11) is 1.87. The lowest BCUT2D eigenvalue weighted by Crippen LogP contribution is -2.02. The van der Waals surface area contributed by atoms with Crippen LogP contribution in [0, 0.1) is 10.5 Å². The number of rotatable bonds is 4. The zero-order chi connectivity index (χ0) is 13.1. The van der Waals surface area contributed by atoms with Gasteiger partial charge in [0.05, 0.1) is 21.0 Å². The summed E-state index contributed by atoms with van der Waals surface area (Å²) in [5.74, 6) is 1.58. The minimum Gasteiger partial charge on any atom is -0.372 e. The number of aromatic nitrogens is 4. The molecule has 18 heavy (non-hydrogen) atoms. The molecule has 6 heteroatoms. The molecule has 0 radical (unpaired) electrons. The highest BCUT2D eigenvalue weighted by atomic mass is 127. The van der Waals surface area contributed by atoms with Gasteiger partial charge in [-0.1, -0.05) is 6.92 Å². The minimum atomic E-state index is 0.722. The maximum absolute atomic E-state index is 4.51. The van der Waals surface area contributed by atoms with Crippen molar-refractivity contribution in [2.75, 3.05) is 12.4 Å². The van der Waals surface area contributed by atoms with E-state index in [9.17, 15) is 0 Å². The molecule has 0 saturated carbocycles. The van der Waals surface area contributed by atoms with E-state index >= 15 is 0 Å². The summed E-state index contributed by atoms with van der Waals surface area (Å²) in [6, 6.07) is 0. The Morgan fingerprint density at radius 1 is 1.39 bits per heavy atom. The summed E-state index contributed by atoms with van der Waals surface area (Å²) in [4.78, 5) is 9.03. The van der Waals surface area contributed by atoms with Gasteiger partial charge in [-0.05, 0) is 35.9 Å². The van der Waals surface area contributed by atoms with Crippen LogP contribution >= 0.6 is 22.6 Å². The van der Waals surface area contributed by atoms with Gasteiger partial charge in [0.15, 0.2) is 5.82 Å². The molecule has 2 aromatic heterocycles. The van der Waals surface area contributed by atoms with E-state index in [1.807, 2.05) is 31.0 Å². The van der Waals surface area contributed by atoms with Gasteiger partial charge in [0.2, 0.25) is 0 Å². The van der Waals surface area contributed by atoms with Crippen LogP contribution < -0.4 is 5.32 Å². The number of anilines is 1. The van der Waals surface area contributed by atoms with Crippen LogP contribution in [-0.2, 0) is 6.54 Å². The van der Waals surface area contributed by atoms with Gasteiger partial charge in [0.25, 0.3) is 0 Å². The zero-order valence-electron chi connectivity index (χ0n) is 10.7. The fraction of sp³-hybridized carbons (Fsp3) is 0.417. The van der Waals surface area contributed by atoms with Crippen molar-refractivity contribution in [3.8, 4) is 11.4 Å². The van der Waals surface area contributed by atoms with Crippen molar-refractivity contribution in [3.05, 3.63) is 21.7 Å². The Bertz CT molecular complexity index is 549. The van der Waals surface area contributed by atoms with E-state index in [4.69, 9.17) is 0 Å². The Labute approximate surface area is 120 Å². The van der Waals surface area contributed by atoms with Gasteiger partial charge in [0, 0.05) is 19.8 Å². The summed E-state index contributed by atoms with van der Waals surface area (Å²) in [5.41, 5.74) is 1.94. The molecule has 2 heterocycles. The minimum absolute atomic E-state index is 0.722. The number of halogens is 1. The first-order valence-electron chi connectivity index (χ1n) is 5.90. The molecule has 2 rings (SSSR count). The van der Waals surface area contributed by atoms with E-state index in [-0.39, 0.29) is 0 Å². The molecular weight excluding hydrogens is 341 g/mol. The molecule has 0 atom stereocenters. The monoisotopic (exact) mass is 357 g/mol. The van der Waals surface area contributed by atoms with Crippen LogP contribution in [0.2, 0.25) is 0 Å². The second-order valence-electron chi connectivity index (χ2n) is 4.04. The van der Waals surface area contributed by atoms with E-state index in [2.05, 4.69) is 49.9 Å². The number of nitrogens with one attached hydrogen (secondary N) is 1. The van der Waals surface area contributed by atoms with Crippen molar-refractivity contribution >= 4 is 28.4 Å². The van der Waals surface area contributed by atoms with Crippen molar-refractivity contribution in [2.45, 2.75) is 26.8 Å². The predicted molar refractivity (Wildman–Crippen MR) is 80.5 cm³/mol. The lowest BCUT2D eigenvalue weighted by Gasteiger charge is -2.07. The Hall–Kier alpha value is -1.18. The van der Waals surface area contributed by atoms with Gasteiger partial charge in [-0.25, -0.2) is 9.97 Å². The van der Waals surface area contributed by atoms with Crippen molar-refractivity contribution < 1.29 is 0 Å². The second kappa shape index (κ2) is 5.64. The average Bonchev–Trinajstić information content (AvgIpc) is 2.81. The highest BCUT2D eigenvalue weighted by molar-refractivity contribution is 14.1. The lowest BCUT2D eigenvalue weighted by molar-refractivity contribution is 0.603. The molecule has 0 amide bonds. The normalized spacial score (nSPS) is 10.7. The Kier molecular flexibility index (Phi) is 4.15. The molecule has 0 bridgehead atoms. The third kappa shape index (κ3) is 2.63. The number of aryl methyl sites for hydroxylation is 2. The highest BCUT2D eigenvalue weighted by Gasteiger charge is 2.11. The van der Waals surface area contributed by atoms with Crippen LogP contribution in [0.1, 0.15) is 19.0 Å². The summed E-state index contributed by atoms with van der Waals surface area (Å²) in [5, 5.41) is 7.40. The van der Waals surface area contributed by atoms with Gasteiger partial charge >= 0.3 is 0 Å². The molecule has 0 unspecified atom stereocenters. The molecule has 5 nitrogen and oxygen atoms in total. The van der Waals surface area contributed by atoms with Crippen LogP contribution in [0.4, 0.5) is 5.82 Å². The molecule has 2 aromatic rings. The zero-order valence-corrected chi connectivity index (χ0v) is 12.9. The topological polar surface area (TPSA) is 55.6 Å². The van der Waals surface area contributed by atoms with Crippen LogP contribution in [0.25, 0.3) is 11.4 Å². The van der Waals surface area contributed by atoms with Crippen LogP contribution in [0.3, 0.4) is 0 Å². The largest absolute Gasteiger partial charge is 0.372 e. The molecule has 1 N–H and O–H groups in total. The third-order valence-corrected chi connectivity index (χ3v) is 3.89. The second-order valence-corrected chi connectivity index (χ2v) is 5.12. The van der Waals surface area contributed by atoms with Crippen LogP contribution in [-0.4, -0.2) is 26.8 Å². The highest BCUT2D eigenvalue weighted by Crippen LogP contribution is 2.22. The fourth-order valence-electron chi connectivity index (χ4n) is 1.68. The van der Waals surface area contributed by atoms with Gasteiger partial charge in [-0.15, -0.1) is 0 Å². The van der Waals surface area contributed by atoms with E-state index < -0.39 is 0 Å². The summed E-state index contributed by atoms with van der Waals surface area (Å²) >= 11 is 2.25. The SMILES string of the molecule is CCCn1cc(-c2nc(C)c(I)c(NC)n2)cn1. The summed E-state index contributed by atoms with van der Waals surface area (Å²) < 4.78 is 2.98. The molecule has 0 aromatic carbocycles. The molecule has 0 saturated heterocycles. The Morgan fingerprint density at radius 3 is 2.83 bits per heavy atom. The van der Waals surface area contributed by atoms with Gasteiger partial charge in [0.1, 0.15) is 5.82 Å². The third-order valence-electron chi connectivity index (χ3n) is 2.60. The Balaban J connectivity index is 2.40. The standard InChI is InChI=1S/C12H16IN5/c1-4-5-18-7-9(6-15-18)11-16-8(2)10(13)12(14-3)17-11/h6-7H,4-5H2,1-3H3,(H,14,16,17). The van der Waals surface area contributed by atoms with Crippen molar-refractivity contribution in [1.29, 1.82) is 0 Å². The van der Waals surface area contributed by atoms with Crippen molar-refractivity contribution in [1.82, 2.24) is 19.7 Å². The quantitative estimate of drug-likeness (QED) is 0.855. The van der Waals surface area contributed by atoms with E-state index in [1.54, 1.807) is 0 Å². The molecule has 0 aliphatic carbocycles. The number of hydrogen-bond acceptors (Lipinski definition) is 4. The summed E-state index contributed by atoms with van der Waals surface area (Å²) in [6.45, 7) is 5.04. The maximum atomic E-state index is 4.51. The first-order chi connectivity index (χ1) is 8.65. The lowest BCUT2D eigenvalue weighted by atomic mass is 10.3. The van der Waals surface area contributed by atoms with Crippen LogP contribution in [0.15, 0.2) is 12.4 Å². The van der Waals surface area contributed by atoms with E-state index in [0.717, 1.165) is 39.4 Å². The van der Waals surface area contributed by atoms with Gasteiger partial charge < -0.3 is 5.32 Å². The molecule has 0 spiro atoms. The molecule has 0 aliphatic rings. The van der Waals surface area contributed by atoms with Gasteiger partial charge in [-0.2, -0.15) is 5.10 Å². The smallest absolute Gasteiger partial charge is 0.165 e. The number of hydrogen-bond donors (Lipinski definition) is 1. The van der Waals surface area contributed by atoms with Gasteiger partial charge in [-0.3, -0.25) is 4.68 Å². The van der Waals surface area contributed by atoms with E-state index in [0.29, 0.717) is 0 Å². The predicted octanol–water partition coefficient (Wildman–Crippen LogP) is 2.70. The molecule has 96 valence electrons. The molecule has 0 fully saturated rings. The first kappa shape index (κ1) is 13.3. The fourth-order valence-corrected chi connectivity index (χ4v) is 2.20. The summed E-state index contributed by atoms with van der Waals surface area (Å²) in [6.07, 6.45) is 4.87. The maximum Gasteiger partial charge on any atom is 0.165 e. The Morgan fingerprint density at radius 2 is 2.17 bits per heavy atom. The van der Waals surface area contributed by atoms with Crippen molar-refractivity contribution in [2.24, 2.45) is 0 Å². The van der Waals surface area contributed by atoms with Crippen molar-refractivity contribution in [3.63, 3.8) is 0 Å².